The van der Waals surface area contributed by atoms with Crippen LogP contribution in [0.3, 0.4) is 0 Å². The summed E-state index contributed by atoms with van der Waals surface area (Å²) in [5, 5.41) is 0. The third-order valence-corrected chi connectivity index (χ3v) is 2.51. The van der Waals surface area contributed by atoms with E-state index in [9.17, 15) is 9.59 Å². The van der Waals surface area contributed by atoms with E-state index in [-0.39, 0.29) is 13.2 Å². The Balaban J connectivity index is 2.57. The van der Waals surface area contributed by atoms with E-state index in [2.05, 4.69) is 0 Å². The van der Waals surface area contributed by atoms with Gasteiger partial charge in [-0.1, -0.05) is 30.3 Å². The largest absolute Gasteiger partial charge is 0.465 e. The topological polar surface area (TPSA) is 52.6 Å². The molecule has 1 rings (SSSR count). The van der Waals surface area contributed by atoms with E-state index in [1.807, 2.05) is 30.3 Å². The number of ether oxygens (including phenoxy) is 2. The van der Waals surface area contributed by atoms with E-state index < -0.39 is 17.4 Å². The summed E-state index contributed by atoms with van der Waals surface area (Å²) in [6.45, 7) is 5.09. The lowest BCUT2D eigenvalue weighted by Crippen LogP contribution is -2.36. The highest BCUT2D eigenvalue weighted by Gasteiger charge is 2.39. The van der Waals surface area contributed by atoms with Crippen molar-refractivity contribution >= 4 is 11.9 Å². The van der Waals surface area contributed by atoms with Crippen molar-refractivity contribution in [1.29, 1.82) is 0 Å². The highest BCUT2D eigenvalue weighted by Crippen LogP contribution is 2.20. The third kappa shape index (κ3) is 3.58. The summed E-state index contributed by atoms with van der Waals surface area (Å²) in [6, 6.07) is 9.31. The molecule has 4 heteroatoms. The van der Waals surface area contributed by atoms with Gasteiger partial charge in [0.25, 0.3) is 0 Å². The molecule has 0 aliphatic carbocycles. The molecule has 0 atom stereocenters. The molecule has 1 aromatic carbocycles. The minimum absolute atomic E-state index is 0.155. The molecule has 18 heavy (non-hydrogen) atoms. The molecule has 0 amide bonds. The number of benzene rings is 1. The number of carbonyl (C=O) groups excluding carboxylic acids is 2. The van der Waals surface area contributed by atoms with Gasteiger partial charge in [-0.25, -0.2) is 0 Å². The van der Waals surface area contributed by atoms with Crippen molar-refractivity contribution < 1.29 is 19.1 Å². The highest BCUT2D eigenvalue weighted by molar-refractivity contribution is 5.99. The van der Waals surface area contributed by atoms with Gasteiger partial charge in [-0.3, -0.25) is 9.59 Å². The predicted octanol–water partition coefficient (Wildman–Crippen LogP) is 2.32. The Labute approximate surface area is 107 Å². The summed E-state index contributed by atoms with van der Waals surface area (Å²) in [7, 11) is 0. The van der Waals surface area contributed by atoms with Gasteiger partial charge in [-0.05, 0) is 26.3 Å². The molecule has 0 radical (unpaired) electrons. The summed E-state index contributed by atoms with van der Waals surface area (Å²) < 4.78 is 9.96. The molecule has 0 unspecified atom stereocenters. The average molecular weight is 250 g/mol. The van der Waals surface area contributed by atoms with Crippen LogP contribution in [0.2, 0.25) is 0 Å². The van der Waals surface area contributed by atoms with E-state index in [0.717, 1.165) is 5.56 Å². The molecule has 4 nitrogen and oxygen atoms in total. The van der Waals surface area contributed by atoms with E-state index >= 15 is 0 Å². The summed E-state index contributed by atoms with van der Waals surface area (Å²) in [4.78, 5) is 23.4. The molecular weight excluding hydrogens is 232 g/mol. The summed E-state index contributed by atoms with van der Waals surface area (Å²) in [5.74, 6) is -1.15. The minimum Gasteiger partial charge on any atom is -0.465 e. The number of rotatable bonds is 5. The Morgan fingerprint density at radius 1 is 1.06 bits per heavy atom. The lowest BCUT2D eigenvalue weighted by Gasteiger charge is -2.20. The second-order valence-electron chi connectivity index (χ2n) is 4.41. The number of hydrogen-bond acceptors (Lipinski definition) is 4. The zero-order valence-corrected chi connectivity index (χ0v) is 10.9. The molecule has 0 saturated carbocycles. The van der Waals surface area contributed by atoms with E-state index in [1.54, 1.807) is 6.92 Å². The van der Waals surface area contributed by atoms with Crippen LogP contribution in [0.15, 0.2) is 30.3 Å². The van der Waals surface area contributed by atoms with Crippen LogP contribution >= 0.6 is 0 Å². The SMILES string of the molecule is CCOC(=O)C(C)(C)C(=O)OCc1ccccc1. The number of esters is 2. The van der Waals surface area contributed by atoms with Crippen LogP contribution in [-0.4, -0.2) is 18.5 Å². The van der Waals surface area contributed by atoms with Gasteiger partial charge in [0.15, 0.2) is 5.41 Å². The van der Waals surface area contributed by atoms with Gasteiger partial charge in [0, 0.05) is 0 Å². The zero-order valence-electron chi connectivity index (χ0n) is 10.9. The Morgan fingerprint density at radius 3 is 2.17 bits per heavy atom. The van der Waals surface area contributed by atoms with Crippen LogP contribution in [0.4, 0.5) is 0 Å². The number of carbonyl (C=O) groups is 2. The summed E-state index contributed by atoms with van der Waals surface area (Å²) in [5.41, 5.74) is -0.393. The lowest BCUT2D eigenvalue weighted by molar-refractivity contribution is -0.170. The van der Waals surface area contributed by atoms with Gasteiger partial charge in [0.2, 0.25) is 0 Å². The average Bonchev–Trinajstić information content (AvgIpc) is 2.37. The summed E-state index contributed by atoms with van der Waals surface area (Å²) >= 11 is 0. The normalized spacial score (nSPS) is 10.8. The maximum Gasteiger partial charge on any atom is 0.323 e. The van der Waals surface area contributed by atoms with Crippen molar-refractivity contribution in [2.45, 2.75) is 27.4 Å². The minimum atomic E-state index is -1.27. The Morgan fingerprint density at radius 2 is 1.61 bits per heavy atom. The Bertz CT molecular complexity index is 409. The van der Waals surface area contributed by atoms with Crippen molar-refractivity contribution in [3.05, 3.63) is 35.9 Å². The van der Waals surface area contributed by atoms with Gasteiger partial charge < -0.3 is 9.47 Å². The molecule has 0 spiro atoms. The molecule has 0 bridgehead atoms. The van der Waals surface area contributed by atoms with Gasteiger partial charge in [0.1, 0.15) is 6.61 Å². The first-order chi connectivity index (χ1) is 8.48. The smallest absolute Gasteiger partial charge is 0.323 e. The van der Waals surface area contributed by atoms with Crippen molar-refractivity contribution in [1.82, 2.24) is 0 Å². The first-order valence-electron chi connectivity index (χ1n) is 5.87. The molecule has 98 valence electrons. The van der Waals surface area contributed by atoms with Crippen LogP contribution in [0.1, 0.15) is 26.3 Å². The molecule has 0 heterocycles. The second kappa shape index (κ2) is 6.19. The van der Waals surface area contributed by atoms with Crippen molar-refractivity contribution in [3.63, 3.8) is 0 Å². The van der Waals surface area contributed by atoms with Crippen molar-refractivity contribution in [2.24, 2.45) is 5.41 Å². The van der Waals surface area contributed by atoms with Crippen LogP contribution in [-0.2, 0) is 25.7 Å². The van der Waals surface area contributed by atoms with Crippen LogP contribution in [0.5, 0.6) is 0 Å². The highest BCUT2D eigenvalue weighted by atomic mass is 16.6. The summed E-state index contributed by atoms with van der Waals surface area (Å²) in [6.07, 6.45) is 0. The monoisotopic (exact) mass is 250 g/mol. The standard InChI is InChI=1S/C14H18O4/c1-4-17-12(15)14(2,3)13(16)18-10-11-8-6-5-7-9-11/h5-9H,4,10H2,1-3H3. The van der Waals surface area contributed by atoms with Gasteiger partial charge >= 0.3 is 11.9 Å². The zero-order chi connectivity index (χ0) is 13.6. The first-order valence-corrected chi connectivity index (χ1v) is 5.87. The quantitative estimate of drug-likeness (QED) is 0.594. The fourth-order valence-corrected chi connectivity index (χ4v) is 1.30. The molecule has 1 aromatic rings. The van der Waals surface area contributed by atoms with Crippen LogP contribution in [0, 0.1) is 5.41 Å². The van der Waals surface area contributed by atoms with Crippen molar-refractivity contribution in [2.75, 3.05) is 6.61 Å². The molecule has 0 aliphatic heterocycles. The van der Waals surface area contributed by atoms with Crippen molar-refractivity contribution in [3.8, 4) is 0 Å². The first kappa shape index (κ1) is 14.2. The third-order valence-electron chi connectivity index (χ3n) is 2.51. The van der Waals surface area contributed by atoms with Gasteiger partial charge in [-0.2, -0.15) is 0 Å². The van der Waals surface area contributed by atoms with Crippen LogP contribution in [0.25, 0.3) is 0 Å². The fourth-order valence-electron chi connectivity index (χ4n) is 1.30. The van der Waals surface area contributed by atoms with E-state index in [0.29, 0.717) is 0 Å². The van der Waals surface area contributed by atoms with E-state index in [4.69, 9.17) is 9.47 Å². The van der Waals surface area contributed by atoms with Gasteiger partial charge in [0.05, 0.1) is 6.61 Å². The molecular formula is C14H18O4. The second-order valence-corrected chi connectivity index (χ2v) is 4.41. The molecule has 0 aliphatic rings. The number of hydrogen-bond donors (Lipinski definition) is 0. The maximum absolute atomic E-state index is 11.8. The maximum atomic E-state index is 11.8. The fraction of sp³-hybridized carbons (Fsp3) is 0.429. The lowest BCUT2D eigenvalue weighted by atomic mass is 9.94. The molecule has 0 fully saturated rings. The predicted molar refractivity (Wildman–Crippen MR) is 66.7 cm³/mol. The molecule has 0 saturated heterocycles. The van der Waals surface area contributed by atoms with Gasteiger partial charge in [-0.15, -0.1) is 0 Å². The molecule has 0 N–H and O–H groups in total. The van der Waals surface area contributed by atoms with E-state index in [1.165, 1.54) is 13.8 Å². The van der Waals surface area contributed by atoms with Crippen LogP contribution < -0.4 is 0 Å². The Hall–Kier alpha value is -1.84. The Kier molecular flexibility index (Phi) is 4.89. The molecule has 0 aromatic heterocycles.